The Morgan fingerprint density at radius 2 is 1.90 bits per heavy atom. The van der Waals surface area contributed by atoms with Gasteiger partial charge in [-0.15, -0.1) is 13.2 Å². The molecule has 0 aromatic heterocycles. The van der Waals surface area contributed by atoms with Crippen LogP contribution in [0.2, 0.25) is 0 Å². The highest BCUT2D eigenvalue weighted by atomic mass is 19.4. The standard InChI is InChI=1S/C14H18F3NO2.CH4/c1-9(2)7-10(3)18-13(19)11-5-4-6-12(8-11)20-14(15,16)17;/h4-6,8-10H,7H2,1-3H3,(H,18,19);1H4/t10-;/m1./s1. The van der Waals surface area contributed by atoms with Gasteiger partial charge in [-0.1, -0.05) is 27.3 Å². The lowest BCUT2D eigenvalue weighted by molar-refractivity contribution is -0.274. The van der Waals surface area contributed by atoms with Gasteiger partial charge in [0, 0.05) is 11.6 Å². The molecule has 0 saturated carbocycles. The lowest BCUT2D eigenvalue weighted by Crippen LogP contribution is -2.33. The second-order valence-corrected chi connectivity index (χ2v) is 5.08. The second-order valence-electron chi connectivity index (χ2n) is 5.08. The maximum atomic E-state index is 12.1. The molecule has 21 heavy (non-hydrogen) atoms. The van der Waals surface area contributed by atoms with Crippen molar-refractivity contribution in [1.29, 1.82) is 0 Å². The summed E-state index contributed by atoms with van der Waals surface area (Å²) < 4.78 is 40.1. The third-order valence-corrected chi connectivity index (χ3v) is 2.53. The van der Waals surface area contributed by atoms with Gasteiger partial charge >= 0.3 is 6.36 Å². The molecule has 1 rings (SSSR count). The molecule has 0 radical (unpaired) electrons. The van der Waals surface area contributed by atoms with Crippen molar-refractivity contribution >= 4 is 5.91 Å². The summed E-state index contributed by atoms with van der Waals surface area (Å²) in [6.07, 6.45) is -3.97. The minimum absolute atomic E-state index is 0. The topological polar surface area (TPSA) is 38.3 Å². The van der Waals surface area contributed by atoms with Crippen molar-refractivity contribution in [1.82, 2.24) is 5.32 Å². The van der Waals surface area contributed by atoms with Gasteiger partial charge in [0.2, 0.25) is 0 Å². The molecular weight excluding hydrogens is 283 g/mol. The van der Waals surface area contributed by atoms with Crippen molar-refractivity contribution < 1.29 is 22.7 Å². The Balaban J connectivity index is 0.00000400. The van der Waals surface area contributed by atoms with Crippen LogP contribution in [-0.2, 0) is 0 Å². The molecule has 0 aliphatic carbocycles. The smallest absolute Gasteiger partial charge is 0.406 e. The fourth-order valence-corrected chi connectivity index (χ4v) is 1.91. The first-order valence-corrected chi connectivity index (χ1v) is 6.34. The second kappa shape index (κ2) is 7.90. The highest BCUT2D eigenvalue weighted by Gasteiger charge is 2.31. The molecule has 0 aliphatic heterocycles. The molecule has 120 valence electrons. The molecule has 0 unspecified atom stereocenters. The normalized spacial score (nSPS) is 12.5. The number of benzene rings is 1. The lowest BCUT2D eigenvalue weighted by Gasteiger charge is -2.16. The van der Waals surface area contributed by atoms with Crippen LogP contribution in [0, 0.1) is 5.92 Å². The summed E-state index contributed by atoms with van der Waals surface area (Å²) in [5.41, 5.74) is 0.141. The Morgan fingerprint density at radius 1 is 1.29 bits per heavy atom. The van der Waals surface area contributed by atoms with Crippen LogP contribution < -0.4 is 10.1 Å². The van der Waals surface area contributed by atoms with E-state index >= 15 is 0 Å². The Bertz CT molecular complexity index is 458. The summed E-state index contributed by atoms with van der Waals surface area (Å²) in [6, 6.07) is 4.98. The van der Waals surface area contributed by atoms with Crippen LogP contribution in [-0.4, -0.2) is 18.3 Å². The summed E-state index contributed by atoms with van der Waals surface area (Å²) in [4.78, 5) is 11.9. The summed E-state index contributed by atoms with van der Waals surface area (Å²) in [5, 5.41) is 2.74. The Labute approximate surface area is 123 Å². The van der Waals surface area contributed by atoms with E-state index in [2.05, 4.69) is 10.1 Å². The van der Waals surface area contributed by atoms with E-state index in [1.54, 1.807) is 0 Å². The van der Waals surface area contributed by atoms with Crippen molar-refractivity contribution in [2.45, 2.75) is 47.0 Å². The van der Waals surface area contributed by atoms with Gasteiger partial charge in [0.05, 0.1) is 0 Å². The first-order chi connectivity index (χ1) is 9.17. The van der Waals surface area contributed by atoms with Crippen LogP contribution in [0.1, 0.15) is 45.0 Å². The van der Waals surface area contributed by atoms with Crippen LogP contribution in [0.3, 0.4) is 0 Å². The third-order valence-electron chi connectivity index (χ3n) is 2.53. The Kier molecular flexibility index (Phi) is 7.26. The Morgan fingerprint density at radius 3 is 2.43 bits per heavy atom. The zero-order valence-corrected chi connectivity index (χ0v) is 11.6. The molecule has 0 bridgehead atoms. The summed E-state index contributed by atoms with van der Waals surface area (Å²) in [6.45, 7) is 5.91. The summed E-state index contributed by atoms with van der Waals surface area (Å²) in [5.74, 6) is -0.391. The van der Waals surface area contributed by atoms with Gasteiger partial charge in [-0.05, 0) is 37.5 Å². The molecule has 3 nitrogen and oxygen atoms in total. The fraction of sp³-hybridized carbons (Fsp3) is 0.533. The molecule has 6 heteroatoms. The number of alkyl halides is 3. The average molecular weight is 305 g/mol. The molecular formula is C15H22F3NO2. The quantitative estimate of drug-likeness (QED) is 0.876. The van der Waals surface area contributed by atoms with Crippen LogP contribution >= 0.6 is 0 Å². The van der Waals surface area contributed by atoms with E-state index in [0.717, 1.165) is 18.6 Å². The predicted molar refractivity (Wildman–Crippen MR) is 76.2 cm³/mol. The average Bonchev–Trinajstić information content (AvgIpc) is 2.25. The number of hydrogen-bond acceptors (Lipinski definition) is 2. The van der Waals surface area contributed by atoms with Crippen molar-refractivity contribution in [2.75, 3.05) is 0 Å². The number of nitrogens with one attached hydrogen (secondary N) is 1. The maximum Gasteiger partial charge on any atom is 0.573 e. The van der Waals surface area contributed by atoms with Crippen molar-refractivity contribution in [3.8, 4) is 5.75 Å². The third kappa shape index (κ3) is 7.58. The number of carbonyl (C=O) groups is 1. The van der Waals surface area contributed by atoms with Crippen LogP contribution in [0.25, 0.3) is 0 Å². The highest BCUT2D eigenvalue weighted by molar-refractivity contribution is 5.94. The van der Waals surface area contributed by atoms with E-state index < -0.39 is 18.0 Å². The molecule has 1 aromatic carbocycles. The van der Waals surface area contributed by atoms with Crippen molar-refractivity contribution in [3.63, 3.8) is 0 Å². The van der Waals surface area contributed by atoms with Gasteiger partial charge in [-0.2, -0.15) is 0 Å². The van der Waals surface area contributed by atoms with E-state index in [1.807, 2.05) is 20.8 Å². The SMILES string of the molecule is C.CC(C)C[C@@H](C)NC(=O)c1cccc(OC(F)(F)F)c1. The predicted octanol–water partition coefficient (Wildman–Crippen LogP) is 4.39. The number of ether oxygens (including phenoxy) is 1. The number of halogens is 3. The molecule has 0 heterocycles. The minimum atomic E-state index is -4.76. The van der Waals surface area contributed by atoms with E-state index in [4.69, 9.17) is 0 Å². The van der Waals surface area contributed by atoms with Crippen LogP contribution in [0.5, 0.6) is 5.75 Å². The van der Waals surface area contributed by atoms with E-state index in [9.17, 15) is 18.0 Å². The van der Waals surface area contributed by atoms with Gasteiger partial charge in [0.15, 0.2) is 0 Å². The first kappa shape index (κ1) is 19.3. The highest BCUT2D eigenvalue weighted by Crippen LogP contribution is 2.23. The van der Waals surface area contributed by atoms with Gasteiger partial charge in [-0.25, -0.2) is 0 Å². The van der Waals surface area contributed by atoms with Gasteiger partial charge in [0.1, 0.15) is 5.75 Å². The lowest BCUT2D eigenvalue weighted by atomic mass is 10.0. The van der Waals surface area contributed by atoms with E-state index in [1.165, 1.54) is 12.1 Å². The van der Waals surface area contributed by atoms with Gasteiger partial charge < -0.3 is 10.1 Å². The molecule has 1 aromatic rings. The molecule has 1 atom stereocenters. The van der Waals surface area contributed by atoms with Crippen LogP contribution in [0.15, 0.2) is 24.3 Å². The van der Waals surface area contributed by atoms with Gasteiger partial charge in [0.25, 0.3) is 5.91 Å². The molecule has 0 spiro atoms. The summed E-state index contributed by atoms with van der Waals surface area (Å²) in [7, 11) is 0. The largest absolute Gasteiger partial charge is 0.573 e. The zero-order chi connectivity index (χ0) is 15.3. The van der Waals surface area contributed by atoms with E-state index in [0.29, 0.717) is 5.92 Å². The van der Waals surface area contributed by atoms with Gasteiger partial charge in [-0.3, -0.25) is 4.79 Å². The minimum Gasteiger partial charge on any atom is -0.406 e. The molecule has 0 fully saturated rings. The maximum absolute atomic E-state index is 12.1. The number of amides is 1. The molecule has 0 saturated heterocycles. The zero-order valence-electron chi connectivity index (χ0n) is 11.6. The monoisotopic (exact) mass is 305 g/mol. The number of rotatable bonds is 5. The van der Waals surface area contributed by atoms with Crippen LogP contribution in [0.4, 0.5) is 13.2 Å². The summed E-state index contributed by atoms with van der Waals surface area (Å²) >= 11 is 0. The molecule has 1 amide bonds. The molecule has 1 N–H and O–H groups in total. The van der Waals surface area contributed by atoms with E-state index in [-0.39, 0.29) is 19.0 Å². The number of hydrogen-bond donors (Lipinski definition) is 1. The first-order valence-electron chi connectivity index (χ1n) is 6.34. The fourth-order valence-electron chi connectivity index (χ4n) is 1.91. The van der Waals surface area contributed by atoms with Crippen molar-refractivity contribution in [3.05, 3.63) is 29.8 Å². The Hall–Kier alpha value is -1.72. The molecule has 0 aliphatic rings. The number of carbonyl (C=O) groups excluding carboxylic acids is 1. The van der Waals surface area contributed by atoms with Crippen molar-refractivity contribution in [2.24, 2.45) is 5.92 Å².